The van der Waals surface area contributed by atoms with Crippen LogP contribution in [0.4, 0.5) is 5.69 Å². The lowest BCUT2D eigenvalue weighted by Crippen LogP contribution is -2.40. The first-order valence-corrected chi connectivity index (χ1v) is 9.86. The molecular weight excluding hydrogens is 334 g/mol. The normalized spacial score (nSPS) is 18.2. The first-order chi connectivity index (χ1) is 12.1. The number of aromatic nitrogens is 1. The molecule has 0 radical (unpaired) electrons. The molecule has 0 spiro atoms. The molecule has 25 heavy (non-hydrogen) atoms. The molecule has 1 aliphatic rings. The highest BCUT2D eigenvalue weighted by molar-refractivity contribution is 7.18. The molecule has 0 unspecified atom stereocenters. The molecule has 2 aromatic rings. The Morgan fingerprint density at radius 2 is 2.16 bits per heavy atom. The number of benzene rings is 1. The number of anilines is 1. The number of rotatable bonds is 3. The molecule has 0 aliphatic carbocycles. The van der Waals surface area contributed by atoms with Crippen LogP contribution in [0.1, 0.15) is 44.0 Å². The van der Waals surface area contributed by atoms with Crippen molar-refractivity contribution in [3.8, 4) is 0 Å². The van der Waals surface area contributed by atoms with Crippen molar-refractivity contribution >= 4 is 39.1 Å². The topological polar surface area (TPSA) is 62.3 Å². The minimum Gasteiger partial charge on any atom is -0.334 e. The van der Waals surface area contributed by atoms with Crippen LogP contribution in [0.5, 0.6) is 0 Å². The van der Waals surface area contributed by atoms with Crippen molar-refractivity contribution in [2.45, 2.75) is 46.0 Å². The SMILES string of the molecule is CCC[C@H]1CCCN(C(=O)C(=O)Nc2ccc3nc(C)sc3c2)CC1. The maximum atomic E-state index is 12.5. The molecular formula is C19H25N3O2S. The van der Waals surface area contributed by atoms with Crippen molar-refractivity contribution in [2.75, 3.05) is 18.4 Å². The number of amides is 2. The summed E-state index contributed by atoms with van der Waals surface area (Å²) in [4.78, 5) is 31.0. The number of aryl methyl sites for hydroxylation is 1. The molecule has 6 heteroatoms. The minimum atomic E-state index is -0.547. The molecule has 0 saturated carbocycles. The van der Waals surface area contributed by atoms with Gasteiger partial charge in [-0.05, 0) is 50.3 Å². The second kappa shape index (κ2) is 7.95. The molecule has 134 valence electrons. The average Bonchev–Trinajstić information content (AvgIpc) is 2.80. The van der Waals surface area contributed by atoms with Crippen molar-refractivity contribution in [2.24, 2.45) is 5.92 Å². The molecule has 1 aromatic heterocycles. The van der Waals surface area contributed by atoms with Gasteiger partial charge >= 0.3 is 11.8 Å². The van der Waals surface area contributed by atoms with Crippen LogP contribution in [0.3, 0.4) is 0 Å². The summed E-state index contributed by atoms with van der Waals surface area (Å²) in [5.74, 6) is -0.282. The quantitative estimate of drug-likeness (QED) is 0.844. The van der Waals surface area contributed by atoms with Gasteiger partial charge in [0.05, 0.1) is 15.2 Å². The van der Waals surface area contributed by atoms with Crippen LogP contribution < -0.4 is 5.32 Å². The Bertz CT molecular complexity index is 771. The van der Waals surface area contributed by atoms with Gasteiger partial charge in [0, 0.05) is 18.8 Å². The second-order valence-electron chi connectivity index (χ2n) is 6.75. The number of nitrogens with one attached hydrogen (secondary N) is 1. The summed E-state index contributed by atoms with van der Waals surface area (Å²) in [7, 11) is 0. The first kappa shape index (κ1) is 17.9. The van der Waals surface area contributed by atoms with Crippen molar-refractivity contribution in [1.29, 1.82) is 0 Å². The van der Waals surface area contributed by atoms with Crippen molar-refractivity contribution in [3.05, 3.63) is 23.2 Å². The highest BCUT2D eigenvalue weighted by atomic mass is 32.1. The van der Waals surface area contributed by atoms with Gasteiger partial charge in [0.1, 0.15) is 0 Å². The highest BCUT2D eigenvalue weighted by Gasteiger charge is 2.25. The van der Waals surface area contributed by atoms with Crippen LogP contribution in [-0.2, 0) is 9.59 Å². The fourth-order valence-electron chi connectivity index (χ4n) is 3.51. The van der Waals surface area contributed by atoms with E-state index in [-0.39, 0.29) is 0 Å². The average molecular weight is 359 g/mol. The third kappa shape index (κ3) is 4.37. The largest absolute Gasteiger partial charge is 0.334 e. The third-order valence-electron chi connectivity index (χ3n) is 4.78. The van der Waals surface area contributed by atoms with Gasteiger partial charge in [-0.25, -0.2) is 4.98 Å². The summed E-state index contributed by atoms with van der Waals surface area (Å²) in [6.45, 7) is 5.52. The van der Waals surface area contributed by atoms with Gasteiger partial charge in [-0.2, -0.15) is 0 Å². The Morgan fingerprint density at radius 1 is 1.32 bits per heavy atom. The predicted molar refractivity (Wildman–Crippen MR) is 102 cm³/mol. The first-order valence-electron chi connectivity index (χ1n) is 9.04. The number of carbonyl (C=O) groups is 2. The Kier molecular flexibility index (Phi) is 5.68. The van der Waals surface area contributed by atoms with E-state index in [1.165, 1.54) is 12.8 Å². The van der Waals surface area contributed by atoms with Crippen molar-refractivity contribution in [3.63, 3.8) is 0 Å². The van der Waals surface area contributed by atoms with E-state index in [0.717, 1.165) is 34.5 Å². The van der Waals surface area contributed by atoms with Crippen LogP contribution in [-0.4, -0.2) is 34.8 Å². The second-order valence-corrected chi connectivity index (χ2v) is 7.98. The van der Waals surface area contributed by atoms with Gasteiger partial charge in [-0.3, -0.25) is 9.59 Å². The summed E-state index contributed by atoms with van der Waals surface area (Å²) in [6.07, 6.45) is 5.52. The lowest BCUT2D eigenvalue weighted by molar-refractivity contribution is -0.143. The molecule has 3 rings (SSSR count). The Balaban J connectivity index is 1.62. The van der Waals surface area contributed by atoms with E-state index in [2.05, 4.69) is 17.2 Å². The van der Waals surface area contributed by atoms with E-state index in [9.17, 15) is 9.59 Å². The van der Waals surface area contributed by atoms with E-state index in [0.29, 0.717) is 24.7 Å². The van der Waals surface area contributed by atoms with Crippen LogP contribution in [0.15, 0.2) is 18.2 Å². The summed E-state index contributed by atoms with van der Waals surface area (Å²) < 4.78 is 1.01. The van der Waals surface area contributed by atoms with Gasteiger partial charge in [0.15, 0.2) is 0 Å². The number of thiazole rings is 1. The zero-order chi connectivity index (χ0) is 17.8. The van der Waals surface area contributed by atoms with Crippen molar-refractivity contribution in [1.82, 2.24) is 9.88 Å². The predicted octanol–water partition coefficient (Wildman–Crippen LogP) is 3.97. The Hall–Kier alpha value is -1.95. The number of hydrogen-bond acceptors (Lipinski definition) is 4. The van der Waals surface area contributed by atoms with E-state index >= 15 is 0 Å². The van der Waals surface area contributed by atoms with Crippen LogP contribution in [0.25, 0.3) is 10.2 Å². The van der Waals surface area contributed by atoms with Gasteiger partial charge in [-0.1, -0.05) is 19.8 Å². The third-order valence-corrected chi connectivity index (χ3v) is 5.71. The Morgan fingerprint density at radius 3 is 2.96 bits per heavy atom. The van der Waals surface area contributed by atoms with E-state index in [1.54, 1.807) is 22.3 Å². The molecule has 2 heterocycles. The van der Waals surface area contributed by atoms with Crippen LogP contribution >= 0.6 is 11.3 Å². The number of carbonyl (C=O) groups excluding carboxylic acids is 2. The lowest BCUT2D eigenvalue weighted by atomic mass is 9.96. The monoisotopic (exact) mass is 359 g/mol. The highest BCUT2D eigenvalue weighted by Crippen LogP contribution is 2.25. The van der Waals surface area contributed by atoms with Crippen LogP contribution in [0.2, 0.25) is 0 Å². The maximum Gasteiger partial charge on any atom is 0.313 e. The summed E-state index contributed by atoms with van der Waals surface area (Å²) in [6, 6.07) is 5.55. The van der Waals surface area contributed by atoms with Gasteiger partial charge < -0.3 is 10.2 Å². The van der Waals surface area contributed by atoms with Gasteiger partial charge in [-0.15, -0.1) is 11.3 Å². The summed E-state index contributed by atoms with van der Waals surface area (Å²) in [5.41, 5.74) is 1.56. The van der Waals surface area contributed by atoms with Crippen molar-refractivity contribution < 1.29 is 9.59 Å². The maximum absolute atomic E-state index is 12.5. The molecule has 1 N–H and O–H groups in total. The van der Waals surface area contributed by atoms with E-state index < -0.39 is 11.8 Å². The molecule has 2 amide bonds. The summed E-state index contributed by atoms with van der Waals surface area (Å²) >= 11 is 1.58. The van der Waals surface area contributed by atoms with Gasteiger partial charge in [0.2, 0.25) is 0 Å². The number of nitrogens with zero attached hydrogens (tertiary/aromatic N) is 2. The molecule has 1 aromatic carbocycles. The fraction of sp³-hybridized carbons (Fsp3) is 0.526. The van der Waals surface area contributed by atoms with E-state index in [1.807, 2.05) is 19.1 Å². The zero-order valence-corrected chi connectivity index (χ0v) is 15.7. The van der Waals surface area contributed by atoms with E-state index in [4.69, 9.17) is 0 Å². The minimum absolute atomic E-state index is 0.419. The van der Waals surface area contributed by atoms with Crippen LogP contribution in [0, 0.1) is 12.8 Å². The Labute approximate surface area is 152 Å². The zero-order valence-electron chi connectivity index (χ0n) is 14.9. The molecule has 1 saturated heterocycles. The summed E-state index contributed by atoms with van der Waals surface area (Å²) in [5, 5.41) is 3.73. The number of fused-ring (bicyclic) bond motifs is 1. The smallest absolute Gasteiger partial charge is 0.313 e. The fourth-order valence-corrected chi connectivity index (χ4v) is 4.38. The lowest BCUT2D eigenvalue weighted by Gasteiger charge is -2.20. The number of likely N-dealkylation sites (tertiary alicyclic amines) is 1. The standard InChI is InChI=1S/C19H25N3O2S/c1-3-5-14-6-4-10-22(11-9-14)19(24)18(23)21-15-7-8-16-17(12-15)25-13(2)20-16/h7-8,12,14H,3-6,9-11H2,1-2H3,(H,21,23)/t14-/m0/s1. The van der Waals surface area contributed by atoms with Gasteiger partial charge in [0.25, 0.3) is 0 Å². The molecule has 1 aliphatic heterocycles. The molecule has 1 fully saturated rings. The molecule has 5 nitrogen and oxygen atoms in total. The molecule has 1 atom stereocenters. The molecule has 0 bridgehead atoms. The number of hydrogen-bond donors (Lipinski definition) is 1.